The largest absolute Gasteiger partial charge is 0.512 e. The maximum atomic E-state index is 12.0. The van der Waals surface area contributed by atoms with Crippen molar-refractivity contribution in [3.63, 3.8) is 0 Å². The lowest BCUT2D eigenvalue weighted by Crippen LogP contribution is -2.05. The summed E-state index contributed by atoms with van der Waals surface area (Å²) in [5.74, 6) is -0.489. The molecule has 28 heavy (non-hydrogen) atoms. The molecule has 0 aliphatic heterocycles. The summed E-state index contributed by atoms with van der Waals surface area (Å²) in [5.41, 5.74) is 2.03. The third-order valence-electron chi connectivity index (χ3n) is 4.16. The normalized spacial score (nSPS) is 12.7. The summed E-state index contributed by atoms with van der Waals surface area (Å²) in [4.78, 5) is 24.1. The summed E-state index contributed by atoms with van der Waals surface area (Å²) in [5, 5.41) is 19.9. The lowest BCUT2D eigenvalue weighted by Gasteiger charge is -2.14. The van der Waals surface area contributed by atoms with Crippen LogP contribution in [0.15, 0.2) is 60.0 Å². The number of carbonyl (C=O) groups excluding carboxylic acids is 2. The monoisotopic (exact) mass is 380 g/mol. The van der Waals surface area contributed by atoms with E-state index in [1.807, 2.05) is 30.3 Å². The van der Waals surface area contributed by atoms with Gasteiger partial charge in [0.25, 0.3) is 0 Å². The summed E-state index contributed by atoms with van der Waals surface area (Å²) in [6.07, 6.45) is 0. The number of Topliss-reactive ketones (excluding diaryl/α,β-unsaturated/α-hetero) is 2. The van der Waals surface area contributed by atoms with Gasteiger partial charge in [-0.15, -0.1) is 0 Å². The Labute approximate surface area is 164 Å². The Morgan fingerprint density at radius 3 is 1.64 bits per heavy atom. The van der Waals surface area contributed by atoms with Gasteiger partial charge in [-0.2, -0.15) is 0 Å². The molecule has 0 bridgehead atoms. The molecule has 0 heterocycles. The van der Waals surface area contributed by atoms with E-state index in [1.54, 1.807) is 18.2 Å². The van der Waals surface area contributed by atoms with Crippen molar-refractivity contribution in [2.75, 3.05) is 0 Å². The number of hydrogen-bond donors (Lipinski definition) is 2. The molecule has 0 fully saturated rings. The molecule has 0 saturated carbocycles. The summed E-state index contributed by atoms with van der Waals surface area (Å²) in [6, 6.07) is 14.4. The predicted octanol–water partition coefficient (Wildman–Crippen LogP) is 5.02. The summed E-state index contributed by atoms with van der Waals surface area (Å²) in [6.45, 7) is 5.84. The van der Waals surface area contributed by atoms with Gasteiger partial charge in [-0.05, 0) is 62.6 Å². The van der Waals surface area contributed by atoms with Gasteiger partial charge in [0.15, 0.2) is 11.6 Å². The van der Waals surface area contributed by atoms with Gasteiger partial charge in [0.1, 0.15) is 23.9 Å². The van der Waals surface area contributed by atoms with Crippen molar-refractivity contribution >= 4 is 22.7 Å². The number of aliphatic hydroxyl groups is 2. The fraction of sp³-hybridized carbons (Fsp3) is 0.217. The molecule has 2 N–H and O–H groups in total. The van der Waals surface area contributed by atoms with Crippen LogP contribution in [-0.4, -0.2) is 21.8 Å². The van der Waals surface area contributed by atoms with E-state index >= 15 is 0 Å². The molecule has 0 atom stereocenters. The molecule has 0 spiro atoms. The van der Waals surface area contributed by atoms with Crippen LogP contribution in [0.5, 0.6) is 5.75 Å². The van der Waals surface area contributed by atoms with Gasteiger partial charge in [-0.1, -0.05) is 30.3 Å². The topological polar surface area (TPSA) is 83.8 Å². The first-order chi connectivity index (χ1) is 13.2. The number of allylic oxidation sites excluding steroid dienone is 4. The van der Waals surface area contributed by atoms with Crippen molar-refractivity contribution in [2.45, 2.75) is 34.3 Å². The van der Waals surface area contributed by atoms with Gasteiger partial charge in [-0.3, -0.25) is 9.59 Å². The van der Waals surface area contributed by atoms with E-state index in [0.717, 1.165) is 5.56 Å². The van der Waals surface area contributed by atoms with Crippen molar-refractivity contribution < 1.29 is 24.5 Å². The van der Waals surface area contributed by atoms with Crippen LogP contribution in [0.1, 0.15) is 44.4 Å². The molecular formula is C23H24O5. The number of aliphatic hydroxyl groups excluding tert-OH is 2. The third kappa shape index (κ3) is 5.10. The minimum absolute atomic E-state index is 0.130. The molecule has 0 radical (unpaired) electrons. The van der Waals surface area contributed by atoms with E-state index < -0.39 is 0 Å². The predicted molar refractivity (Wildman–Crippen MR) is 109 cm³/mol. The third-order valence-corrected chi connectivity index (χ3v) is 4.16. The Morgan fingerprint density at radius 1 is 0.786 bits per heavy atom. The van der Waals surface area contributed by atoms with E-state index in [1.165, 1.54) is 27.7 Å². The molecule has 0 aromatic heterocycles. The lowest BCUT2D eigenvalue weighted by atomic mass is 9.94. The number of carbonyl (C=O) groups is 2. The molecule has 0 aliphatic rings. The van der Waals surface area contributed by atoms with Crippen LogP contribution in [0.3, 0.4) is 0 Å². The second-order valence-electron chi connectivity index (χ2n) is 6.55. The molecule has 0 amide bonds. The van der Waals surface area contributed by atoms with Crippen LogP contribution in [0.25, 0.3) is 11.1 Å². The molecule has 0 aliphatic carbocycles. The Morgan fingerprint density at radius 2 is 1.25 bits per heavy atom. The highest BCUT2D eigenvalue weighted by molar-refractivity contribution is 6.22. The first-order valence-electron chi connectivity index (χ1n) is 8.84. The number of ether oxygens (including phenoxy) is 1. The molecule has 0 unspecified atom stereocenters. The van der Waals surface area contributed by atoms with Crippen molar-refractivity contribution in [3.05, 3.63) is 76.7 Å². The number of rotatable bonds is 7. The summed E-state index contributed by atoms with van der Waals surface area (Å²) >= 11 is 0. The molecule has 5 heteroatoms. The first kappa shape index (κ1) is 21.0. The molecule has 2 rings (SSSR count). The molecule has 5 nitrogen and oxygen atoms in total. The van der Waals surface area contributed by atoms with Crippen LogP contribution < -0.4 is 4.74 Å². The Hall–Kier alpha value is -3.34. The van der Waals surface area contributed by atoms with Crippen LogP contribution in [0.4, 0.5) is 0 Å². The zero-order valence-electron chi connectivity index (χ0n) is 16.4. The Bertz CT molecular complexity index is 890. The Balaban J connectivity index is 2.58. The minimum atomic E-state index is -0.319. The van der Waals surface area contributed by atoms with Gasteiger partial charge in [-0.25, -0.2) is 0 Å². The molecule has 2 aromatic carbocycles. The second kappa shape index (κ2) is 9.04. The highest BCUT2D eigenvalue weighted by Gasteiger charge is 2.18. The van der Waals surface area contributed by atoms with Crippen molar-refractivity contribution in [1.29, 1.82) is 0 Å². The van der Waals surface area contributed by atoms with Crippen LogP contribution in [-0.2, 0) is 16.2 Å². The maximum Gasteiger partial charge on any atom is 0.163 e. The van der Waals surface area contributed by atoms with Crippen molar-refractivity contribution in [2.24, 2.45) is 0 Å². The average Bonchev–Trinajstić information content (AvgIpc) is 2.59. The fourth-order valence-electron chi connectivity index (χ4n) is 3.05. The zero-order chi connectivity index (χ0) is 20.8. The van der Waals surface area contributed by atoms with Gasteiger partial charge < -0.3 is 14.9 Å². The van der Waals surface area contributed by atoms with Crippen LogP contribution in [0.2, 0.25) is 0 Å². The standard InChI is InChI=1S/C23H24O5/c1-14(24)22(15(2)25)19-10-20(23(16(3)26)17(4)27)12-21(11-19)28-13-18-8-6-5-7-9-18/h5-12,24,26H,13H2,1-4H3/b22-14+,23-16+. The first-order valence-corrected chi connectivity index (χ1v) is 8.84. The van der Waals surface area contributed by atoms with E-state index in [2.05, 4.69) is 0 Å². The highest BCUT2D eigenvalue weighted by Crippen LogP contribution is 2.30. The molecule has 2 aromatic rings. The Kier molecular flexibility index (Phi) is 6.77. The van der Waals surface area contributed by atoms with Gasteiger partial charge in [0.05, 0.1) is 11.1 Å². The minimum Gasteiger partial charge on any atom is -0.512 e. The van der Waals surface area contributed by atoms with Gasteiger partial charge in [0, 0.05) is 0 Å². The average molecular weight is 380 g/mol. The van der Waals surface area contributed by atoms with E-state index in [0.29, 0.717) is 16.9 Å². The summed E-state index contributed by atoms with van der Waals surface area (Å²) < 4.78 is 5.86. The van der Waals surface area contributed by atoms with Crippen LogP contribution >= 0.6 is 0 Å². The number of ketones is 2. The van der Waals surface area contributed by atoms with Crippen molar-refractivity contribution in [3.8, 4) is 5.75 Å². The second-order valence-corrected chi connectivity index (χ2v) is 6.55. The van der Waals surface area contributed by atoms with Gasteiger partial charge >= 0.3 is 0 Å². The molecule has 146 valence electrons. The smallest absolute Gasteiger partial charge is 0.163 e. The van der Waals surface area contributed by atoms with Gasteiger partial charge in [0.2, 0.25) is 0 Å². The summed E-state index contributed by atoms with van der Waals surface area (Å²) in [7, 11) is 0. The van der Waals surface area contributed by atoms with E-state index in [4.69, 9.17) is 4.74 Å². The van der Waals surface area contributed by atoms with E-state index in [-0.39, 0.29) is 40.8 Å². The number of hydrogen-bond acceptors (Lipinski definition) is 5. The van der Waals surface area contributed by atoms with E-state index in [9.17, 15) is 19.8 Å². The maximum absolute atomic E-state index is 12.0. The quantitative estimate of drug-likeness (QED) is 0.520. The van der Waals surface area contributed by atoms with Crippen molar-refractivity contribution in [1.82, 2.24) is 0 Å². The fourth-order valence-corrected chi connectivity index (χ4v) is 3.05. The molecular weight excluding hydrogens is 356 g/mol. The number of benzene rings is 2. The lowest BCUT2D eigenvalue weighted by molar-refractivity contribution is -0.112. The highest BCUT2D eigenvalue weighted by atomic mass is 16.5. The SMILES string of the molecule is CC(=O)/C(=C(/C)O)c1cc(OCc2ccccc2)cc(/C(C(C)=O)=C(\C)O)c1. The zero-order valence-corrected chi connectivity index (χ0v) is 16.4. The molecule has 0 saturated heterocycles. The van der Waals surface area contributed by atoms with Crippen LogP contribution in [0, 0.1) is 0 Å².